The van der Waals surface area contributed by atoms with Gasteiger partial charge in [-0.25, -0.2) is 0 Å². The highest BCUT2D eigenvalue weighted by Crippen LogP contribution is 2.43. The molecule has 0 bridgehead atoms. The van der Waals surface area contributed by atoms with Gasteiger partial charge < -0.3 is 0 Å². The third-order valence-electron chi connectivity index (χ3n) is 3.49. The first kappa shape index (κ1) is 11.4. The molecule has 1 aromatic rings. The Bertz CT molecular complexity index is 408. The Morgan fingerprint density at radius 3 is 2.50 bits per heavy atom. The quantitative estimate of drug-likeness (QED) is 0.645. The van der Waals surface area contributed by atoms with Crippen molar-refractivity contribution in [1.82, 2.24) is 0 Å². The Hall–Kier alpha value is -1.04. The van der Waals surface area contributed by atoms with Crippen LogP contribution in [0.4, 0.5) is 0 Å². The molecule has 16 heavy (non-hydrogen) atoms. The summed E-state index contributed by atoms with van der Waals surface area (Å²) in [6.45, 7) is 10.6. The molecule has 0 saturated heterocycles. The maximum atomic E-state index is 4.04. The van der Waals surface area contributed by atoms with Crippen LogP contribution in [-0.4, -0.2) is 0 Å². The van der Waals surface area contributed by atoms with Gasteiger partial charge in [0, 0.05) is 0 Å². The standard InChI is InChI=1S/C16H22/c1-5-13-10-16(14-6-7-14)15(8-11(2)3)9-12(13)4/h9-10,14H,2,5-8H2,1,3-4H3. The van der Waals surface area contributed by atoms with Crippen molar-refractivity contribution < 1.29 is 0 Å². The van der Waals surface area contributed by atoms with Crippen molar-refractivity contribution in [2.45, 2.75) is 52.4 Å². The summed E-state index contributed by atoms with van der Waals surface area (Å²) in [6.07, 6.45) is 4.97. The minimum absolute atomic E-state index is 0.847. The summed E-state index contributed by atoms with van der Waals surface area (Å²) >= 11 is 0. The van der Waals surface area contributed by atoms with Crippen LogP contribution in [0.1, 0.15) is 54.9 Å². The molecule has 0 aliphatic heterocycles. The topological polar surface area (TPSA) is 0 Å². The average molecular weight is 214 g/mol. The fourth-order valence-electron chi connectivity index (χ4n) is 2.47. The Morgan fingerprint density at radius 1 is 1.31 bits per heavy atom. The molecule has 0 heteroatoms. The lowest BCUT2D eigenvalue weighted by Gasteiger charge is -2.13. The number of aryl methyl sites for hydroxylation is 2. The van der Waals surface area contributed by atoms with Gasteiger partial charge in [0.05, 0.1) is 0 Å². The van der Waals surface area contributed by atoms with E-state index in [4.69, 9.17) is 0 Å². The van der Waals surface area contributed by atoms with Gasteiger partial charge in [-0.2, -0.15) is 0 Å². The molecule has 1 aliphatic carbocycles. The van der Waals surface area contributed by atoms with Crippen molar-refractivity contribution in [3.63, 3.8) is 0 Å². The van der Waals surface area contributed by atoms with Crippen molar-refractivity contribution in [2.75, 3.05) is 0 Å². The van der Waals surface area contributed by atoms with Crippen LogP contribution in [0.3, 0.4) is 0 Å². The number of hydrogen-bond donors (Lipinski definition) is 0. The van der Waals surface area contributed by atoms with Gasteiger partial charge >= 0.3 is 0 Å². The summed E-state index contributed by atoms with van der Waals surface area (Å²) in [4.78, 5) is 0. The van der Waals surface area contributed by atoms with Gasteiger partial charge in [-0.05, 0) is 67.7 Å². The highest BCUT2D eigenvalue weighted by molar-refractivity contribution is 5.43. The summed E-state index contributed by atoms with van der Waals surface area (Å²) in [5.74, 6) is 0.847. The third kappa shape index (κ3) is 2.37. The molecule has 0 amide bonds. The smallest absolute Gasteiger partial charge is 0.00696 e. The molecule has 86 valence electrons. The van der Waals surface area contributed by atoms with Crippen LogP contribution in [0.25, 0.3) is 0 Å². The maximum absolute atomic E-state index is 4.04. The highest BCUT2D eigenvalue weighted by Gasteiger charge is 2.26. The van der Waals surface area contributed by atoms with Crippen molar-refractivity contribution in [1.29, 1.82) is 0 Å². The molecule has 0 aromatic heterocycles. The van der Waals surface area contributed by atoms with Crippen LogP contribution in [0, 0.1) is 6.92 Å². The fraction of sp³-hybridized carbons (Fsp3) is 0.500. The van der Waals surface area contributed by atoms with E-state index in [1.165, 1.54) is 35.1 Å². The van der Waals surface area contributed by atoms with Gasteiger partial charge in [-0.1, -0.05) is 31.2 Å². The van der Waals surface area contributed by atoms with Gasteiger partial charge in [-0.3, -0.25) is 0 Å². The lowest BCUT2D eigenvalue weighted by molar-refractivity contribution is 1.00. The number of hydrogen-bond acceptors (Lipinski definition) is 0. The zero-order valence-electron chi connectivity index (χ0n) is 10.8. The predicted octanol–water partition coefficient (Wildman–Crippen LogP) is 4.55. The van der Waals surface area contributed by atoms with Crippen LogP contribution < -0.4 is 0 Å². The maximum Gasteiger partial charge on any atom is -0.00696 e. The first-order valence-electron chi connectivity index (χ1n) is 6.38. The van der Waals surface area contributed by atoms with E-state index in [-0.39, 0.29) is 0 Å². The Labute approximate surface area is 99.4 Å². The van der Waals surface area contributed by atoms with Gasteiger partial charge in [0.1, 0.15) is 0 Å². The van der Waals surface area contributed by atoms with Gasteiger partial charge in [0.2, 0.25) is 0 Å². The minimum Gasteiger partial charge on any atom is -0.0998 e. The van der Waals surface area contributed by atoms with Crippen LogP contribution in [0.5, 0.6) is 0 Å². The Morgan fingerprint density at radius 2 is 2.00 bits per heavy atom. The van der Waals surface area contributed by atoms with Crippen LogP contribution >= 0.6 is 0 Å². The second-order valence-electron chi connectivity index (χ2n) is 5.24. The van der Waals surface area contributed by atoms with E-state index in [9.17, 15) is 0 Å². The van der Waals surface area contributed by atoms with Crippen molar-refractivity contribution in [2.24, 2.45) is 0 Å². The molecule has 0 unspecified atom stereocenters. The summed E-state index contributed by atoms with van der Waals surface area (Å²) in [6, 6.07) is 4.84. The van der Waals surface area contributed by atoms with E-state index < -0.39 is 0 Å². The summed E-state index contributed by atoms with van der Waals surface area (Å²) < 4.78 is 0. The van der Waals surface area contributed by atoms with Gasteiger partial charge in [0.15, 0.2) is 0 Å². The minimum atomic E-state index is 0.847. The van der Waals surface area contributed by atoms with Crippen LogP contribution in [0.2, 0.25) is 0 Å². The molecule has 0 heterocycles. The number of rotatable bonds is 4. The lowest BCUT2D eigenvalue weighted by Crippen LogP contribution is -1.98. The molecule has 0 N–H and O–H groups in total. The van der Waals surface area contributed by atoms with Crippen molar-refractivity contribution in [3.8, 4) is 0 Å². The zero-order valence-corrected chi connectivity index (χ0v) is 10.8. The van der Waals surface area contributed by atoms with Crippen molar-refractivity contribution >= 4 is 0 Å². The lowest BCUT2D eigenvalue weighted by atomic mass is 9.92. The van der Waals surface area contributed by atoms with E-state index >= 15 is 0 Å². The first-order valence-corrected chi connectivity index (χ1v) is 6.38. The van der Waals surface area contributed by atoms with E-state index in [0.29, 0.717) is 0 Å². The largest absolute Gasteiger partial charge is 0.0998 e. The van der Waals surface area contributed by atoms with E-state index in [1.807, 2.05) is 0 Å². The van der Waals surface area contributed by atoms with Crippen LogP contribution in [-0.2, 0) is 12.8 Å². The highest BCUT2D eigenvalue weighted by atomic mass is 14.3. The molecular formula is C16H22. The van der Waals surface area contributed by atoms with Gasteiger partial charge in [-0.15, -0.1) is 0 Å². The van der Waals surface area contributed by atoms with E-state index in [0.717, 1.165) is 18.8 Å². The average Bonchev–Trinajstić information content (AvgIpc) is 3.01. The monoisotopic (exact) mass is 214 g/mol. The Kier molecular flexibility index (Phi) is 3.18. The molecular weight excluding hydrogens is 192 g/mol. The first-order chi connectivity index (χ1) is 7.61. The summed E-state index contributed by atoms with van der Waals surface area (Å²) in [5.41, 5.74) is 7.36. The third-order valence-corrected chi connectivity index (χ3v) is 3.49. The van der Waals surface area contributed by atoms with Gasteiger partial charge in [0.25, 0.3) is 0 Å². The second kappa shape index (κ2) is 4.45. The molecule has 1 aromatic carbocycles. The SMILES string of the molecule is C=C(C)Cc1cc(C)c(CC)cc1C1CC1. The second-order valence-corrected chi connectivity index (χ2v) is 5.24. The Balaban J connectivity index is 2.40. The fourth-order valence-corrected chi connectivity index (χ4v) is 2.47. The summed E-state index contributed by atoms with van der Waals surface area (Å²) in [7, 11) is 0. The van der Waals surface area contributed by atoms with E-state index in [2.05, 4.69) is 39.5 Å². The zero-order chi connectivity index (χ0) is 11.7. The molecule has 0 radical (unpaired) electrons. The van der Waals surface area contributed by atoms with E-state index in [1.54, 1.807) is 5.56 Å². The molecule has 2 rings (SSSR count). The number of benzene rings is 1. The summed E-state index contributed by atoms with van der Waals surface area (Å²) in [5, 5.41) is 0. The van der Waals surface area contributed by atoms with Crippen LogP contribution in [0.15, 0.2) is 24.3 Å². The molecule has 1 aliphatic rings. The molecule has 1 saturated carbocycles. The predicted molar refractivity (Wildman–Crippen MR) is 71.1 cm³/mol. The molecule has 0 atom stereocenters. The molecule has 1 fully saturated rings. The molecule has 0 nitrogen and oxygen atoms in total. The number of allylic oxidation sites excluding steroid dienone is 1. The normalized spacial score (nSPS) is 15.2. The van der Waals surface area contributed by atoms with Crippen molar-refractivity contribution in [3.05, 3.63) is 46.5 Å². The molecule has 0 spiro atoms.